The quantitative estimate of drug-likeness (QED) is 0.539. The van der Waals surface area contributed by atoms with Crippen LogP contribution in [-0.4, -0.2) is 28.5 Å². The summed E-state index contributed by atoms with van der Waals surface area (Å²) in [5.41, 5.74) is 0. The van der Waals surface area contributed by atoms with Crippen LogP contribution < -0.4 is 0 Å². The van der Waals surface area contributed by atoms with E-state index in [0.29, 0.717) is 0 Å². The van der Waals surface area contributed by atoms with Gasteiger partial charge in [-0.25, -0.2) is 0 Å². The number of Topliss-reactive ketones (excluding diaryl/α,β-unsaturated/α-hetero) is 1. The zero-order valence-electron chi connectivity index (χ0n) is 6.90. The van der Waals surface area contributed by atoms with Crippen molar-refractivity contribution in [2.75, 3.05) is 0 Å². The lowest BCUT2D eigenvalue weighted by Crippen LogP contribution is -2.42. The van der Waals surface area contributed by atoms with E-state index in [2.05, 4.69) is 0 Å². The van der Waals surface area contributed by atoms with Gasteiger partial charge in [-0.2, -0.15) is 0 Å². The predicted octanol–water partition coefficient (Wildman–Crippen LogP) is -0.111. The Kier molecular flexibility index (Phi) is 2.08. The minimum absolute atomic E-state index is 0.194. The lowest BCUT2D eigenvalue weighted by Gasteiger charge is -2.19. The van der Waals surface area contributed by atoms with Crippen molar-refractivity contribution in [3.05, 3.63) is 12.2 Å². The van der Waals surface area contributed by atoms with Crippen molar-refractivity contribution >= 4 is 17.6 Å². The normalized spacial score (nSPS) is 18.7. The topological polar surface area (TPSA) is 54.5 Å². The van der Waals surface area contributed by atoms with Crippen LogP contribution >= 0.6 is 0 Å². The largest absolute Gasteiger partial charge is 0.298 e. The number of carbonyl (C=O) groups is 3. The SMILES string of the molecule is CC(=O)[C@H](C)N1C(=O)C=CC1=O. The summed E-state index contributed by atoms with van der Waals surface area (Å²) in [7, 11) is 0. The maximum atomic E-state index is 11.0. The Morgan fingerprint density at radius 3 is 2.08 bits per heavy atom. The minimum atomic E-state index is -0.653. The molecular weight excluding hydrogens is 158 g/mol. The third-order valence-electron chi connectivity index (χ3n) is 1.82. The fraction of sp³-hybridized carbons (Fsp3) is 0.375. The summed E-state index contributed by atoms with van der Waals surface area (Å²) in [6, 6.07) is -0.653. The molecule has 1 aliphatic rings. The zero-order chi connectivity index (χ0) is 9.30. The number of hydrogen-bond acceptors (Lipinski definition) is 3. The number of ketones is 1. The number of hydrogen-bond donors (Lipinski definition) is 0. The fourth-order valence-corrected chi connectivity index (χ4v) is 0.975. The molecule has 0 radical (unpaired) electrons. The van der Waals surface area contributed by atoms with Gasteiger partial charge in [0.05, 0.1) is 6.04 Å². The van der Waals surface area contributed by atoms with Crippen molar-refractivity contribution in [2.24, 2.45) is 0 Å². The molecule has 0 unspecified atom stereocenters. The van der Waals surface area contributed by atoms with E-state index in [0.717, 1.165) is 4.90 Å². The Morgan fingerprint density at radius 2 is 1.75 bits per heavy atom. The third-order valence-corrected chi connectivity index (χ3v) is 1.82. The number of rotatable bonds is 2. The monoisotopic (exact) mass is 167 g/mol. The molecule has 4 heteroatoms. The van der Waals surface area contributed by atoms with Crippen LogP contribution in [0, 0.1) is 0 Å². The van der Waals surface area contributed by atoms with Crippen molar-refractivity contribution in [1.29, 1.82) is 0 Å². The molecule has 1 heterocycles. The molecule has 0 aliphatic carbocycles. The molecule has 12 heavy (non-hydrogen) atoms. The van der Waals surface area contributed by atoms with E-state index in [9.17, 15) is 14.4 Å². The van der Waals surface area contributed by atoms with Crippen LogP contribution in [0.3, 0.4) is 0 Å². The van der Waals surface area contributed by atoms with Gasteiger partial charge in [-0.05, 0) is 13.8 Å². The molecule has 2 amide bonds. The molecule has 1 aliphatic heterocycles. The van der Waals surface area contributed by atoms with E-state index in [1.54, 1.807) is 0 Å². The lowest BCUT2D eigenvalue weighted by molar-refractivity contribution is -0.143. The van der Waals surface area contributed by atoms with Crippen LogP contribution in [-0.2, 0) is 14.4 Å². The van der Waals surface area contributed by atoms with Crippen molar-refractivity contribution in [3.63, 3.8) is 0 Å². The highest BCUT2D eigenvalue weighted by Crippen LogP contribution is 2.08. The van der Waals surface area contributed by atoms with Crippen LogP contribution in [0.1, 0.15) is 13.8 Å². The highest BCUT2D eigenvalue weighted by atomic mass is 16.2. The third kappa shape index (κ3) is 1.28. The van der Waals surface area contributed by atoms with Gasteiger partial charge in [-0.15, -0.1) is 0 Å². The van der Waals surface area contributed by atoms with Crippen molar-refractivity contribution < 1.29 is 14.4 Å². The average molecular weight is 167 g/mol. The number of carbonyl (C=O) groups excluding carboxylic acids is 3. The first-order valence-corrected chi connectivity index (χ1v) is 3.59. The van der Waals surface area contributed by atoms with E-state index >= 15 is 0 Å². The summed E-state index contributed by atoms with van der Waals surface area (Å²) in [5, 5.41) is 0. The lowest BCUT2D eigenvalue weighted by atomic mass is 10.2. The molecule has 0 bridgehead atoms. The molecule has 0 aromatic rings. The average Bonchev–Trinajstić information content (AvgIpc) is 2.30. The second kappa shape index (κ2) is 2.89. The summed E-state index contributed by atoms with van der Waals surface area (Å²) in [6.07, 6.45) is 2.34. The second-order valence-corrected chi connectivity index (χ2v) is 2.67. The van der Waals surface area contributed by atoms with Crippen LogP contribution in [0.25, 0.3) is 0 Å². The number of imide groups is 1. The maximum Gasteiger partial charge on any atom is 0.254 e. The van der Waals surface area contributed by atoms with Gasteiger partial charge in [0.2, 0.25) is 0 Å². The Bertz CT molecular complexity index is 262. The molecule has 0 fully saturated rings. The minimum Gasteiger partial charge on any atom is -0.298 e. The van der Waals surface area contributed by atoms with Gasteiger partial charge in [0.15, 0.2) is 5.78 Å². The van der Waals surface area contributed by atoms with Crippen LogP contribution in [0.4, 0.5) is 0 Å². The molecule has 1 rings (SSSR count). The Labute approximate surface area is 69.8 Å². The summed E-state index contributed by atoms with van der Waals surface area (Å²) < 4.78 is 0. The fourth-order valence-electron chi connectivity index (χ4n) is 0.975. The van der Waals surface area contributed by atoms with Gasteiger partial charge in [0.25, 0.3) is 11.8 Å². The van der Waals surface area contributed by atoms with Gasteiger partial charge in [0.1, 0.15) is 0 Å². The van der Waals surface area contributed by atoms with Gasteiger partial charge >= 0.3 is 0 Å². The smallest absolute Gasteiger partial charge is 0.254 e. The van der Waals surface area contributed by atoms with Gasteiger partial charge < -0.3 is 0 Å². The first-order valence-electron chi connectivity index (χ1n) is 3.59. The Hall–Kier alpha value is -1.45. The summed E-state index contributed by atoms with van der Waals surface area (Å²) in [4.78, 5) is 33.8. The van der Waals surface area contributed by atoms with E-state index in [1.807, 2.05) is 0 Å². The summed E-state index contributed by atoms with van der Waals surface area (Å²) >= 11 is 0. The van der Waals surface area contributed by atoms with Crippen molar-refractivity contribution in [3.8, 4) is 0 Å². The molecule has 0 aromatic carbocycles. The molecule has 4 nitrogen and oxygen atoms in total. The molecule has 64 valence electrons. The van der Waals surface area contributed by atoms with E-state index in [4.69, 9.17) is 0 Å². The molecule has 0 aromatic heterocycles. The molecular formula is C8H9NO3. The molecule has 0 saturated carbocycles. The standard InChI is InChI=1S/C8H9NO3/c1-5(6(2)10)9-7(11)3-4-8(9)12/h3-5H,1-2H3/t5-/m0/s1. The summed E-state index contributed by atoms with van der Waals surface area (Å²) in [6.45, 7) is 2.88. The Morgan fingerprint density at radius 1 is 1.33 bits per heavy atom. The zero-order valence-corrected chi connectivity index (χ0v) is 6.90. The summed E-state index contributed by atoms with van der Waals surface area (Å²) in [5.74, 6) is -1.02. The highest BCUT2D eigenvalue weighted by Gasteiger charge is 2.30. The molecule has 0 spiro atoms. The van der Waals surface area contributed by atoms with Crippen molar-refractivity contribution in [1.82, 2.24) is 4.90 Å². The van der Waals surface area contributed by atoms with E-state index < -0.39 is 17.9 Å². The first kappa shape index (κ1) is 8.64. The first-order chi connectivity index (χ1) is 5.54. The van der Waals surface area contributed by atoms with E-state index in [-0.39, 0.29) is 5.78 Å². The van der Waals surface area contributed by atoms with Crippen LogP contribution in [0.5, 0.6) is 0 Å². The number of amides is 2. The van der Waals surface area contributed by atoms with Gasteiger partial charge in [0, 0.05) is 12.2 Å². The maximum absolute atomic E-state index is 11.0. The van der Waals surface area contributed by atoms with Crippen LogP contribution in [0.2, 0.25) is 0 Å². The van der Waals surface area contributed by atoms with Crippen molar-refractivity contribution in [2.45, 2.75) is 19.9 Å². The molecule has 0 saturated heterocycles. The van der Waals surface area contributed by atoms with E-state index in [1.165, 1.54) is 26.0 Å². The van der Waals surface area contributed by atoms with Gasteiger partial charge in [-0.1, -0.05) is 0 Å². The molecule has 1 atom stereocenters. The predicted molar refractivity (Wildman–Crippen MR) is 41.1 cm³/mol. The Balaban J connectivity index is 2.83. The number of nitrogens with zero attached hydrogens (tertiary/aromatic N) is 1. The molecule has 0 N–H and O–H groups in total. The highest BCUT2D eigenvalue weighted by molar-refractivity contribution is 6.15. The second-order valence-electron chi connectivity index (χ2n) is 2.67. The van der Waals surface area contributed by atoms with Gasteiger partial charge in [-0.3, -0.25) is 19.3 Å². The van der Waals surface area contributed by atoms with Crippen LogP contribution in [0.15, 0.2) is 12.2 Å².